The van der Waals surface area contributed by atoms with E-state index in [9.17, 15) is 24.0 Å². The van der Waals surface area contributed by atoms with Gasteiger partial charge in [0.1, 0.15) is 12.7 Å². The van der Waals surface area contributed by atoms with Crippen LogP contribution in [-0.4, -0.2) is 60.9 Å². The number of hydrogen-bond donors (Lipinski definition) is 0. The summed E-state index contributed by atoms with van der Waals surface area (Å²) in [4.78, 5) is 57.1. The van der Waals surface area contributed by atoms with Crippen molar-refractivity contribution in [2.24, 2.45) is 0 Å². The van der Waals surface area contributed by atoms with Gasteiger partial charge in [-0.1, -0.05) is 6.92 Å². The molecule has 0 aromatic rings. The van der Waals surface area contributed by atoms with Crippen molar-refractivity contribution in [1.82, 2.24) is 0 Å². The Morgan fingerprint density at radius 1 is 0.593 bits per heavy atom. The molecule has 0 aliphatic heterocycles. The summed E-state index contributed by atoms with van der Waals surface area (Å²) < 4.78 is 25.5. The number of hydrogen-bond acceptors (Lipinski definition) is 10. The zero-order valence-corrected chi connectivity index (χ0v) is 16.3. The summed E-state index contributed by atoms with van der Waals surface area (Å²) in [7, 11) is 0. The van der Waals surface area contributed by atoms with E-state index >= 15 is 0 Å². The van der Waals surface area contributed by atoms with E-state index in [1.54, 1.807) is 6.92 Å². The minimum absolute atomic E-state index is 0.204. The topological polar surface area (TPSA) is 132 Å². The van der Waals surface area contributed by atoms with Crippen molar-refractivity contribution in [1.29, 1.82) is 0 Å². The predicted octanol–water partition coefficient (Wildman–Crippen LogP) is 0.686. The molecule has 0 aromatic heterocycles. The van der Waals surface area contributed by atoms with Gasteiger partial charge in [0.25, 0.3) is 0 Å². The molecule has 0 fully saturated rings. The fraction of sp³-hybridized carbons (Fsp3) is 0.706. The molecule has 0 saturated heterocycles. The van der Waals surface area contributed by atoms with Crippen LogP contribution in [0.4, 0.5) is 0 Å². The van der Waals surface area contributed by atoms with Gasteiger partial charge in [-0.25, -0.2) is 0 Å². The van der Waals surface area contributed by atoms with Crippen LogP contribution < -0.4 is 0 Å². The maximum atomic E-state index is 11.6. The van der Waals surface area contributed by atoms with E-state index in [1.165, 1.54) is 0 Å². The molecule has 0 heterocycles. The molecule has 4 atom stereocenters. The maximum Gasteiger partial charge on any atom is 0.303 e. The third-order valence-corrected chi connectivity index (χ3v) is 3.15. The molecule has 0 radical (unpaired) electrons. The fourth-order valence-corrected chi connectivity index (χ4v) is 2.30. The molecule has 0 aliphatic carbocycles. The van der Waals surface area contributed by atoms with Crippen molar-refractivity contribution in [3.63, 3.8) is 0 Å². The van der Waals surface area contributed by atoms with Crippen molar-refractivity contribution < 1.29 is 47.7 Å². The van der Waals surface area contributed by atoms with E-state index in [1.807, 2.05) is 0 Å². The molecule has 0 rings (SSSR count). The Hall–Kier alpha value is -2.65. The lowest BCUT2D eigenvalue weighted by Gasteiger charge is -2.35. The number of ether oxygens (including phenoxy) is 5. The highest BCUT2D eigenvalue weighted by atomic mass is 16.6. The first-order chi connectivity index (χ1) is 12.5. The second-order valence-corrected chi connectivity index (χ2v) is 5.65. The van der Waals surface area contributed by atoms with Gasteiger partial charge in [0.15, 0.2) is 18.3 Å². The Bertz CT molecular complexity index is 556. The van der Waals surface area contributed by atoms with Crippen molar-refractivity contribution in [3.8, 4) is 0 Å². The second-order valence-electron chi connectivity index (χ2n) is 5.65. The van der Waals surface area contributed by atoms with Crippen LogP contribution in [0.1, 0.15) is 48.0 Å². The van der Waals surface area contributed by atoms with E-state index in [2.05, 4.69) is 0 Å². The zero-order chi connectivity index (χ0) is 21.1. The quantitative estimate of drug-likeness (QED) is 0.387. The molecular formula is C17H26O10. The average Bonchev–Trinajstić information content (AvgIpc) is 2.51. The van der Waals surface area contributed by atoms with Gasteiger partial charge in [-0.15, -0.1) is 0 Å². The van der Waals surface area contributed by atoms with Crippen LogP contribution >= 0.6 is 0 Å². The molecule has 0 spiro atoms. The van der Waals surface area contributed by atoms with Gasteiger partial charge in [0.05, 0.1) is 0 Å². The number of esters is 5. The first kappa shape index (κ1) is 24.4. The molecule has 0 aromatic carbocycles. The zero-order valence-electron chi connectivity index (χ0n) is 16.3. The van der Waals surface area contributed by atoms with Gasteiger partial charge >= 0.3 is 29.8 Å². The second kappa shape index (κ2) is 11.9. The van der Waals surface area contributed by atoms with Crippen LogP contribution in [0.2, 0.25) is 0 Å². The van der Waals surface area contributed by atoms with Gasteiger partial charge < -0.3 is 23.7 Å². The van der Waals surface area contributed by atoms with E-state index in [4.69, 9.17) is 23.7 Å². The molecule has 27 heavy (non-hydrogen) atoms. The Morgan fingerprint density at radius 3 is 1.30 bits per heavy atom. The van der Waals surface area contributed by atoms with Gasteiger partial charge in [0, 0.05) is 34.6 Å². The normalized spacial score (nSPS) is 14.7. The Labute approximate surface area is 157 Å². The summed E-state index contributed by atoms with van der Waals surface area (Å²) in [5, 5.41) is 0. The smallest absolute Gasteiger partial charge is 0.303 e. The van der Waals surface area contributed by atoms with Crippen LogP contribution in [-0.2, 0) is 47.7 Å². The van der Waals surface area contributed by atoms with Crippen molar-refractivity contribution in [2.45, 2.75) is 72.4 Å². The monoisotopic (exact) mass is 390 g/mol. The van der Waals surface area contributed by atoms with E-state index in [0.717, 1.165) is 34.6 Å². The van der Waals surface area contributed by atoms with Crippen molar-refractivity contribution >= 4 is 29.8 Å². The summed E-state index contributed by atoms with van der Waals surface area (Å²) in [6, 6.07) is 0. The molecule has 10 heteroatoms. The van der Waals surface area contributed by atoms with Crippen molar-refractivity contribution in [3.05, 3.63) is 0 Å². The lowest BCUT2D eigenvalue weighted by molar-refractivity contribution is -0.202. The highest BCUT2D eigenvalue weighted by Crippen LogP contribution is 2.21. The molecule has 0 unspecified atom stereocenters. The molecule has 154 valence electrons. The van der Waals surface area contributed by atoms with Crippen LogP contribution in [0.3, 0.4) is 0 Å². The van der Waals surface area contributed by atoms with Gasteiger partial charge in [0.2, 0.25) is 0 Å². The Balaban J connectivity index is 5.96. The fourth-order valence-electron chi connectivity index (χ4n) is 2.30. The summed E-state index contributed by atoms with van der Waals surface area (Å²) in [5.41, 5.74) is 0. The van der Waals surface area contributed by atoms with E-state index < -0.39 is 60.9 Å². The summed E-state index contributed by atoms with van der Waals surface area (Å²) in [6.45, 7) is 6.82. The molecule has 0 N–H and O–H groups in total. The van der Waals surface area contributed by atoms with Crippen LogP contribution in [0.15, 0.2) is 0 Å². The highest BCUT2D eigenvalue weighted by Gasteiger charge is 2.43. The summed E-state index contributed by atoms with van der Waals surface area (Å²) in [6.07, 6.45) is -4.75. The first-order valence-corrected chi connectivity index (χ1v) is 8.30. The molecular weight excluding hydrogens is 364 g/mol. The molecule has 0 saturated carbocycles. The minimum atomic E-state index is -1.38. The largest absolute Gasteiger partial charge is 0.462 e. The predicted molar refractivity (Wildman–Crippen MR) is 89.1 cm³/mol. The summed E-state index contributed by atoms with van der Waals surface area (Å²) >= 11 is 0. The highest BCUT2D eigenvalue weighted by molar-refractivity contribution is 5.69. The Morgan fingerprint density at radius 2 is 0.963 bits per heavy atom. The van der Waals surface area contributed by atoms with Crippen LogP contribution in [0, 0.1) is 0 Å². The SMILES string of the molecule is CC[C@@H](OC(C)=O)[C@H](OC(C)=O)[C@@H](OC(C)=O)[C@H](COC(C)=O)OC(C)=O. The number of rotatable bonds is 10. The molecule has 0 bridgehead atoms. The van der Waals surface area contributed by atoms with Crippen LogP contribution in [0.5, 0.6) is 0 Å². The third-order valence-electron chi connectivity index (χ3n) is 3.15. The van der Waals surface area contributed by atoms with E-state index in [0.29, 0.717) is 0 Å². The summed E-state index contributed by atoms with van der Waals surface area (Å²) in [5.74, 6) is -3.56. The first-order valence-electron chi connectivity index (χ1n) is 8.30. The van der Waals surface area contributed by atoms with Gasteiger partial charge in [-0.05, 0) is 6.42 Å². The van der Waals surface area contributed by atoms with E-state index in [-0.39, 0.29) is 6.42 Å². The number of carbonyl (C=O) groups is 5. The lowest BCUT2D eigenvalue weighted by atomic mass is 10.0. The Kier molecular flexibility index (Phi) is 10.7. The third kappa shape index (κ3) is 10.2. The minimum Gasteiger partial charge on any atom is -0.462 e. The molecule has 0 aliphatic rings. The van der Waals surface area contributed by atoms with Gasteiger partial charge in [-0.2, -0.15) is 0 Å². The van der Waals surface area contributed by atoms with Crippen molar-refractivity contribution in [2.75, 3.05) is 6.61 Å². The molecule has 0 amide bonds. The maximum absolute atomic E-state index is 11.6. The lowest BCUT2D eigenvalue weighted by Crippen LogP contribution is -2.52. The van der Waals surface area contributed by atoms with Gasteiger partial charge in [-0.3, -0.25) is 24.0 Å². The average molecular weight is 390 g/mol. The number of carbonyl (C=O) groups excluding carboxylic acids is 5. The van der Waals surface area contributed by atoms with Crippen LogP contribution in [0.25, 0.3) is 0 Å². The standard InChI is InChI=1S/C17H26O10/c1-7-14(24-10(3)19)16(26-12(5)21)17(27-13(6)22)15(25-11(4)20)8-23-9(2)18/h14-17H,7-8H2,1-6H3/t14-,15+,16+,17+/m1/s1. The molecule has 10 nitrogen and oxygen atoms in total.